The normalized spacial score (nSPS) is 11.1. The Morgan fingerprint density at radius 2 is 2.11 bits per heavy atom. The van der Waals surface area contributed by atoms with Crippen LogP contribution in [0.4, 0.5) is 0 Å². The maximum Gasteiger partial charge on any atom is 0.261 e. The van der Waals surface area contributed by atoms with Gasteiger partial charge in [0.1, 0.15) is 0 Å². The summed E-state index contributed by atoms with van der Waals surface area (Å²) in [6.07, 6.45) is 0.202. The first-order valence-electron chi connectivity index (χ1n) is 5.69. The Kier molecular flexibility index (Phi) is 5.30. The van der Waals surface area contributed by atoms with E-state index in [-0.39, 0.29) is 31.3 Å². The van der Waals surface area contributed by atoms with Crippen molar-refractivity contribution in [2.75, 3.05) is 13.1 Å². The molecule has 0 aliphatic heterocycles. The highest BCUT2D eigenvalue weighted by Crippen LogP contribution is 2.07. The van der Waals surface area contributed by atoms with Gasteiger partial charge in [-0.25, -0.2) is 0 Å². The van der Waals surface area contributed by atoms with Crippen molar-refractivity contribution in [1.29, 1.82) is 0 Å². The van der Waals surface area contributed by atoms with Crippen LogP contribution in [0.1, 0.15) is 29.9 Å². The minimum Gasteiger partial charge on any atom is -0.389 e. The molecule has 18 heavy (non-hydrogen) atoms. The van der Waals surface area contributed by atoms with Gasteiger partial charge in [0.05, 0.1) is 10.5 Å². The molecule has 0 saturated carbocycles. The summed E-state index contributed by atoms with van der Waals surface area (Å²) in [5.74, 6) is -0.358. The van der Waals surface area contributed by atoms with E-state index in [1.807, 2.05) is 5.38 Å². The van der Waals surface area contributed by atoms with E-state index in [1.54, 1.807) is 26.0 Å². The van der Waals surface area contributed by atoms with E-state index in [9.17, 15) is 14.7 Å². The van der Waals surface area contributed by atoms with Gasteiger partial charge in [0, 0.05) is 19.5 Å². The molecule has 1 aromatic rings. The third-order valence-corrected chi connectivity index (χ3v) is 2.97. The highest BCUT2D eigenvalue weighted by Gasteiger charge is 2.13. The molecule has 2 amide bonds. The van der Waals surface area contributed by atoms with Crippen LogP contribution in [0.3, 0.4) is 0 Å². The van der Waals surface area contributed by atoms with Crippen LogP contribution in [0.15, 0.2) is 17.5 Å². The molecule has 5 nitrogen and oxygen atoms in total. The van der Waals surface area contributed by atoms with Crippen LogP contribution in [0.5, 0.6) is 0 Å². The van der Waals surface area contributed by atoms with Gasteiger partial charge >= 0.3 is 0 Å². The second kappa shape index (κ2) is 6.51. The van der Waals surface area contributed by atoms with E-state index in [4.69, 9.17) is 0 Å². The summed E-state index contributed by atoms with van der Waals surface area (Å²) in [4.78, 5) is 23.6. The van der Waals surface area contributed by atoms with Crippen molar-refractivity contribution in [2.24, 2.45) is 0 Å². The van der Waals surface area contributed by atoms with E-state index < -0.39 is 5.60 Å². The fourth-order valence-corrected chi connectivity index (χ4v) is 1.83. The summed E-state index contributed by atoms with van der Waals surface area (Å²) in [6, 6.07) is 3.53. The molecule has 3 N–H and O–H groups in total. The second-order valence-electron chi connectivity index (χ2n) is 4.57. The number of nitrogens with one attached hydrogen (secondary N) is 2. The number of amides is 2. The van der Waals surface area contributed by atoms with Crippen LogP contribution in [-0.2, 0) is 4.79 Å². The van der Waals surface area contributed by atoms with Gasteiger partial charge in [-0.3, -0.25) is 9.59 Å². The van der Waals surface area contributed by atoms with E-state index in [0.717, 1.165) is 0 Å². The Bertz CT molecular complexity index is 396. The van der Waals surface area contributed by atoms with Crippen molar-refractivity contribution in [2.45, 2.75) is 25.9 Å². The van der Waals surface area contributed by atoms with E-state index in [1.165, 1.54) is 11.3 Å². The molecule has 0 aliphatic carbocycles. The molecular formula is C12H18N2O3S. The Labute approximate surface area is 110 Å². The lowest BCUT2D eigenvalue weighted by Crippen LogP contribution is -2.39. The van der Waals surface area contributed by atoms with Crippen molar-refractivity contribution in [3.05, 3.63) is 22.4 Å². The zero-order chi connectivity index (χ0) is 13.6. The highest BCUT2D eigenvalue weighted by atomic mass is 32.1. The molecule has 100 valence electrons. The maximum absolute atomic E-state index is 11.5. The minimum atomic E-state index is -0.921. The first kappa shape index (κ1) is 14.7. The molecule has 6 heteroatoms. The van der Waals surface area contributed by atoms with E-state index in [2.05, 4.69) is 10.6 Å². The van der Waals surface area contributed by atoms with Gasteiger partial charge < -0.3 is 15.7 Å². The zero-order valence-corrected chi connectivity index (χ0v) is 11.3. The van der Waals surface area contributed by atoms with Crippen molar-refractivity contribution < 1.29 is 14.7 Å². The molecule has 0 fully saturated rings. The van der Waals surface area contributed by atoms with Crippen LogP contribution in [0, 0.1) is 0 Å². The van der Waals surface area contributed by atoms with Crippen molar-refractivity contribution in [1.82, 2.24) is 10.6 Å². The van der Waals surface area contributed by atoms with Gasteiger partial charge in [0.15, 0.2) is 0 Å². The molecule has 0 aromatic carbocycles. The molecule has 0 spiro atoms. The lowest BCUT2D eigenvalue weighted by atomic mass is 10.1. The van der Waals surface area contributed by atoms with Gasteiger partial charge in [-0.05, 0) is 25.3 Å². The molecule has 1 aromatic heterocycles. The van der Waals surface area contributed by atoms with E-state index in [0.29, 0.717) is 4.88 Å². The van der Waals surface area contributed by atoms with Crippen LogP contribution in [0.25, 0.3) is 0 Å². The van der Waals surface area contributed by atoms with Crippen LogP contribution >= 0.6 is 11.3 Å². The molecule has 0 unspecified atom stereocenters. The molecule has 1 rings (SSSR count). The number of rotatable bonds is 6. The van der Waals surface area contributed by atoms with Gasteiger partial charge in [0.25, 0.3) is 5.91 Å². The number of carbonyl (C=O) groups excluding carboxylic acids is 2. The summed E-state index contributed by atoms with van der Waals surface area (Å²) in [5, 5.41) is 16.5. The van der Waals surface area contributed by atoms with Gasteiger partial charge in [-0.2, -0.15) is 0 Å². The fourth-order valence-electron chi connectivity index (χ4n) is 1.19. The van der Waals surface area contributed by atoms with Crippen molar-refractivity contribution in [3.63, 3.8) is 0 Å². The number of carbonyl (C=O) groups is 2. The molecular weight excluding hydrogens is 252 g/mol. The Morgan fingerprint density at radius 3 is 2.67 bits per heavy atom. The summed E-state index contributed by atoms with van der Waals surface area (Å²) >= 11 is 1.36. The van der Waals surface area contributed by atoms with Gasteiger partial charge in [0.2, 0.25) is 5.91 Å². The summed E-state index contributed by atoms with van der Waals surface area (Å²) in [6.45, 7) is 3.72. The van der Waals surface area contributed by atoms with Gasteiger partial charge in [-0.15, -0.1) is 11.3 Å². The van der Waals surface area contributed by atoms with E-state index >= 15 is 0 Å². The number of aliphatic hydroxyl groups is 1. The van der Waals surface area contributed by atoms with Crippen LogP contribution in [-0.4, -0.2) is 35.6 Å². The standard InChI is InChI=1S/C12H18N2O3S/c1-12(2,17)8-14-10(15)5-6-13-11(16)9-4-3-7-18-9/h3-4,7,17H,5-6,8H2,1-2H3,(H,13,16)(H,14,15). The number of thiophene rings is 1. The predicted molar refractivity (Wildman–Crippen MR) is 70.6 cm³/mol. The van der Waals surface area contributed by atoms with Crippen molar-refractivity contribution >= 4 is 23.2 Å². The second-order valence-corrected chi connectivity index (χ2v) is 5.52. The van der Waals surface area contributed by atoms with Crippen LogP contribution in [0.2, 0.25) is 0 Å². The predicted octanol–water partition coefficient (Wildman–Crippen LogP) is 0.755. The number of hydrogen-bond donors (Lipinski definition) is 3. The first-order valence-corrected chi connectivity index (χ1v) is 6.57. The monoisotopic (exact) mass is 270 g/mol. The minimum absolute atomic E-state index is 0.166. The third-order valence-electron chi connectivity index (χ3n) is 2.10. The Balaban J connectivity index is 2.18. The molecule has 0 bridgehead atoms. The molecule has 0 radical (unpaired) electrons. The molecule has 0 atom stereocenters. The maximum atomic E-state index is 11.5. The smallest absolute Gasteiger partial charge is 0.261 e. The molecule has 0 aliphatic rings. The summed E-state index contributed by atoms with van der Waals surface area (Å²) in [5.41, 5.74) is -0.921. The van der Waals surface area contributed by atoms with Gasteiger partial charge in [-0.1, -0.05) is 6.07 Å². The quantitative estimate of drug-likeness (QED) is 0.714. The summed E-state index contributed by atoms with van der Waals surface area (Å²) < 4.78 is 0. The third kappa shape index (κ3) is 5.79. The average Bonchev–Trinajstić information content (AvgIpc) is 2.78. The topological polar surface area (TPSA) is 78.4 Å². The lowest BCUT2D eigenvalue weighted by Gasteiger charge is -2.17. The SMILES string of the molecule is CC(C)(O)CNC(=O)CCNC(=O)c1cccs1. The highest BCUT2D eigenvalue weighted by molar-refractivity contribution is 7.12. The lowest BCUT2D eigenvalue weighted by molar-refractivity contribution is -0.121. The van der Waals surface area contributed by atoms with Crippen LogP contribution < -0.4 is 10.6 Å². The molecule has 1 heterocycles. The fraction of sp³-hybridized carbons (Fsp3) is 0.500. The average molecular weight is 270 g/mol. The Hall–Kier alpha value is -1.40. The number of hydrogen-bond acceptors (Lipinski definition) is 4. The zero-order valence-electron chi connectivity index (χ0n) is 10.5. The summed E-state index contributed by atoms with van der Waals surface area (Å²) in [7, 11) is 0. The first-order chi connectivity index (χ1) is 8.38. The Morgan fingerprint density at radius 1 is 1.39 bits per heavy atom. The largest absolute Gasteiger partial charge is 0.389 e. The molecule has 0 saturated heterocycles. The van der Waals surface area contributed by atoms with Crippen molar-refractivity contribution in [3.8, 4) is 0 Å².